The third-order valence-electron chi connectivity index (χ3n) is 3.05. The highest BCUT2D eigenvalue weighted by molar-refractivity contribution is 5.84. The second-order valence-electron chi connectivity index (χ2n) is 3.97. The van der Waals surface area contributed by atoms with Gasteiger partial charge in [-0.15, -0.1) is 0 Å². The van der Waals surface area contributed by atoms with E-state index >= 15 is 0 Å². The van der Waals surface area contributed by atoms with Crippen molar-refractivity contribution in [3.63, 3.8) is 0 Å². The minimum absolute atomic E-state index is 0.143. The van der Waals surface area contributed by atoms with Crippen LogP contribution in [0.1, 0.15) is 17.9 Å². The number of ether oxygens (including phenoxy) is 1. The zero-order valence-electron chi connectivity index (χ0n) is 8.29. The fraction of sp³-hybridized carbons (Fsp3) is 0.333. The van der Waals surface area contributed by atoms with Crippen LogP contribution in [0, 0.1) is 5.82 Å². The van der Waals surface area contributed by atoms with E-state index in [2.05, 4.69) is 4.98 Å². The molecule has 3 heteroatoms. The second-order valence-corrected chi connectivity index (χ2v) is 3.97. The first-order valence-corrected chi connectivity index (χ1v) is 5.19. The predicted octanol–water partition coefficient (Wildman–Crippen LogP) is 2.81. The first kappa shape index (κ1) is 8.92. The molecule has 3 rings (SSSR count). The summed E-state index contributed by atoms with van der Waals surface area (Å²) >= 11 is 0. The molecule has 1 unspecified atom stereocenters. The lowest BCUT2D eigenvalue weighted by atomic mass is 9.98. The summed E-state index contributed by atoms with van der Waals surface area (Å²) in [5, 5.41) is 0.730. The van der Waals surface area contributed by atoms with Crippen molar-refractivity contribution in [3.8, 4) is 0 Å². The van der Waals surface area contributed by atoms with E-state index in [-0.39, 0.29) is 5.82 Å². The van der Waals surface area contributed by atoms with Crippen LogP contribution in [0.4, 0.5) is 4.39 Å². The highest BCUT2D eigenvalue weighted by Crippen LogP contribution is 2.32. The monoisotopic (exact) mass is 205 g/mol. The number of halogens is 1. The van der Waals surface area contributed by atoms with Crippen molar-refractivity contribution in [2.45, 2.75) is 12.3 Å². The zero-order valence-corrected chi connectivity index (χ0v) is 8.29. The molecule has 0 spiro atoms. The van der Waals surface area contributed by atoms with E-state index in [1.54, 1.807) is 6.07 Å². The number of nitrogens with one attached hydrogen (secondary N) is 1. The number of benzene rings is 1. The molecule has 1 aromatic heterocycles. The van der Waals surface area contributed by atoms with Crippen LogP contribution in [0.2, 0.25) is 0 Å². The van der Waals surface area contributed by atoms with Crippen LogP contribution >= 0.6 is 0 Å². The van der Waals surface area contributed by atoms with E-state index in [4.69, 9.17) is 4.74 Å². The van der Waals surface area contributed by atoms with Gasteiger partial charge in [-0.3, -0.25) is 0 Å². The number of hydrogen-bond donors (Lipinski definition) is 1. The van der Waals surface area contributed by atoms with E-state index in [9.17, 15) is 4.39 Å². The van der Waals surface area contributed by atoms with E-state index in [1.165, 1.54) is 6.07 Å². The van der Waals surface area contributed by atoms with Gasteiger partial charge in [0.15, 0.2) is 0 Å². The lowest BCUT2D eigenvalue weighted by molar-refractivity contribution is 0.194. The summed E-state index contributed by atoms with van der Waals surface area (Å²) < 4.78 is 19.0. The molecule has 0 bridgehead atoms. The molecule has 0 saturated carbocycles. The van der Waals surface area contributed by atoms with E-state index in [0.29, 0.717) is 12.5 Å². The van der Waals surface area contributed by atoms with Crippen molar-refractivity contribution in [1.82, 2.24) is 4.98 Å². The maximum absolute atomic E-state index is 13.7. The molecule has 1 aliphatic rings. The first-order chi connectivity index (χ1) is 7.36. The van der Waals surface area contributed by atoms with E-state index in [0.717, 1.165) is 29.5 Å². The van der Waals surface area contributed by atoms with Crippen LogP contribution < -0.4 is 0 Å². The highest BCUT2D eigenvalue weighted by atomic mass is 19.1. The summed E-state index contributed by atoms with van der Waals surface area (Å²) in [4.78, 5) is 3.11. The molecule has 78 valence electrons. The summed E-state index contributed by atoms with van der Waals surface area (Å²) in [6, 6.07) is 5.14. The number of aromatic nitrogens is 1. The average Bonchev–Trinajstić information content (AvgIpc) is 2.85. The Morgan fingerprint density at radius 1 is 1.40 bits per heavy atom. The summed E-state index contributed by atoms with van der Waals surface area (Å²) in [7, 11) is 0. The molecule has 15 heavy (non-hydrogen) atoms. The normalized spacial score (nSPS) is 21.3. The van der Waals surface area contributed by atoms with Crippen LogP contribution in [-0.2, 0) is 4.74 Å². The van der Waals surface area contributed by atoms with Crippen molar-refractivity contribution in [2.24, 2.45) is 0 Å². The van der Waals surface area contributed by atoms with Gasteiger partial charge in [0.05, 0.1) is 6.61 Å². The molecule has 1 aromatic carbocycles. The highest BCUT2D eigenvalue weighted by Gasteiger charge is 2.22. The number of aromatic amines is 1. The van der Waals surface area contributed by atoms with Gasteiger partial charge in [0, 0.05) is 29.6 Å². The van der Waals surface area contributed by atoms with Gasteiger partial charge >= 0.3 is 0 Å². The van der Waals surface area contributed by atoms with Gasteiger partial charge in [-0.1, -0.05) is 6.07 Å². The van der Waals surface area contributed by atoms with Crippen molar-refractivity contribution < 1.29 is 9.13 Å². The lowest BCUT2D eigenvalue weighted by Gasteiger charge is -2.05. The Hall–Kier alpha value is -1.35. The largest absolute Gasteiger partial charge is 0.381 e. The number of fused-ring (bicyclic) bond motifs is 1. The Morgan fingerprint density at radius 3 is 3.13 bits per heavy atom. The van der Waals surface area contributed by atoms with Crippen LogP contribution in [0.3, 0.4) is 0 Å². The Labute approximate surface area is 87.1 Å². The Kier molecular flexibility index (Phi) is 1.99. The van der Waals surface area contributed by atoms with Gasteiger partial charge in [0.2, 0.25) is 0 Å². The summed E-state index contributed by atoms with van der Waals surface area (Å²) in [6.07, 6.45) is 2.90. The molecule has 1 atom stereocenters. The minimum atomic E-state index is -0.143. The van der Waals surface area contributed by atoms with Crippen LogP contribution in [0.25, 0.3) is 10.9 Å². The van der Waals surface area contributed by atoms with Crippen LogP contribution in [-0.4, -0.2) is 18.2 Å². The first-order valence-electron chi connectivity index (χ1n) is 5.19. The summed E-state index contributed by atoms with van der Waals surface area (Å²) in [5.74, 6) is 0.200. The molecule has 2 aromatic rings. The lowest BCUT2D eigenvalue weighted by Crippen LogP contribution is -1.96. The molecule has 2 heterocycles. The molecule has 1 saturated heterocycles. The molecular formula is C12H12FNO. The predicted molar refractivity (Wildman–Crippen MR) is 56.4 cm³/mol. The molecule has 0 radical (unpaired) electrons. The van der Waals surface area contributed by atoms with Crippen molar-refractivity contribution in [1.29, 1.82) is 0 Å². The average molecular weight is 205 g/mol. The number of hydrogen-bond acceptors (Lipinski definition) is 1. The van der Waals surface area contributed by atoms with Crippen LogP contribution in [0.15, 0.2) is 24.4 Å². The standard InChI is InChI=1S/C12H12FNO/c13-10-2-1-3-11-12(10)9(6-14-11)8-4-5-15-7-8/h1-3,6,8,14H,4-5,7H2. The number of H-pyrrole nitrogens is 1. The van der Waals surface area contributed by atoms with Gasteiger partial charge < -0.3 is 9.72 Å². The topological polar surface area (TPSA) is 25.0 Å². The molecule has 1 aliphatic heterocycles. The zero-order chi connectivity index (χ0) is 10.3. The molecule has 1 fully saturated rings. The fourth-order valence-electron chi connectivity index (χ4n) is 2.27. The summed E-state index contributed by atoms with van der Waals surface area (Å²) in [6.45, 7) is 1.49. The van der Waals surface area contributed by atoms with Gasteiger partial charge in [-0.2, -0.15) is 0 Å². The van der Waals surface area contributed by atoms with Crippen molar-refractivity contribution in [2.75, 3.05) is 13.2 Å². The third kappa shape index (κ3) is 1.35. The molecule has 0 aliphatic carbocycles. The van der Waals surface area contributed by atoms with Crippen molar-refractivity contribution >= 4 is 10.9 Å². The van der Waals surface area contributed by atoms with E-state index in [1.807, 2.05) is 12.3 Å². The molecular weight excluding hydrogens is 193 g/mol. The number of rotatable bonds is 1. The minimum Gasteiger partial charge on any atom is -0.381 e. The smallest absolute Gasteiger partial charge is 0.132 e. The van der Waals surface area contributed by atoms with E-state index < -0.39 is 0 Å². The second kappa shape index (κ2) is 3.35. The van der Waals surface area contributed by atoms with Crippen molar-refractivity contribution in [3.05, 3.63) is 35.8 Å². The Balaban J connectivity index is 2.18. The molecule has 2 nitrogen and oxygen atoms in total. The Bertz CT molecular complexity index is 485. The summed E-state index contributed by atoms with van der Waals surface area (Å²) in [5.41, 5.74) is 1.93. The SMILES string of the molecule is Fc1cccc2[nH]cc(C3CCOC3)c12. The van der Waals surface area contributed by atoms with Gasteiger partial charge in [-0.25, -0.2) is 4.39 Å². The molecule has 1 N–H and O–H groups in total. The van der Waals surface area contributed by atoms with Crippen LogP contribution in [0.5, 0.6) is 0 Å². The maximum Gasteiger partial charge on any atom is 0.132 e. The molecule has 0 amide bonds. The fourth-order valence-corrected chi connectivity index (χ4v) is 2.27. The Morgan fingerprint density at radius 2 is 2.33 bits per heavy atom. The van der Waals surface area contributed by atoms with Gasteiger partial charge in [-0.05, 0) is 24.1 Å². The quantitative estimate of drug-likeness (QED) is 0.760. The van der Waals surface area contributed by atoms with Gasteiger partial charge in [0.1, 0.15) is 5.82 Å². The third-order valence-corrected chi connectivity index (χ3v) is 3.05. The van der Waals surface area contributed by atoms with Gasteiger partial charge in [0.25, 0.3) is 0 Å². The maximum atomic E-state index is 13.7.